The van der Waals surface area contributed by atoms with E-state index in [1.807, 2.05) is 13.0 Å². The molecule has 2 aromatic rings. The minimum absolute atomic E-state index is 0.0221. The molecule has 1 aliphatic heterocycles. The molecule has 154 valence electrons. The summed E-state index contributed by atoms with van der Waals surface area (Å²) in [6.07, 6.45) is 0.372. The van der Waals surface area contributed by atoms with Gasteiger partial charge in [0.15, 0.2) is 0 Å². The second kappa shape index (κ2) is 8.86. The van der Waals surface area contributed by atoms with Gasteiger partial charge in [-0.15, -0.1) is 11.8 Å². The Bertz CT molecular complexity index is 1070. The molecule has 7 nitrogen and oxygen atoms in total. The maximum atomic E-state index is 12.9. The number of hydrogen-bond acceptors (Lipinski definition) is 5. The van der Waals surface area contributed by atoms with Crippen molar-refractivity contribution >= 4 is 60.9 Å². The number of amides is 2. The minimum atomic E-state index is -3.90. The van der Waals surface area contributed by atoms with Gasteiger partial charge in [0, 0.05) is 34.3 Å². The molecule has 0 atom stereocenters. The topological polar surface area (TPSA) is 95.6 Å². The van der Waals surface area contributed by atoms with Crippen LogP contribution in [0.1, 0.15) is 12.0 Å². The average molecular weight is 498 g/mol. The van der Waals surface area contributed by atoms with Crippen LogP contribution in [0.2, 0.25) is 0 Å². The average Bonchev–Trinajstić information content (AvgIpc) is 2.84. The van der Waals surface area contributed by atoms with Crippen LogP contribution in [0.3, 0.4) is 0 Å². The number of likely N-dealkylation sites (N-methyl/N-ethyl adjacent to an activating group) is 1. The first-order valence-corrected chi connectivity index (χ1v) is 12.0. The van der Waals surface area contributed by atoms with Gasteiger partial charge in [-0.05, 0) is 48.9 Å². The lowest BCUT2D eigenvalue weighted by Gasteiger charge is -2.18. The zero-order valence-electron chi connectivity index (χ0n) is 15.9. The Balaban J connectivity index is 1.74. The van der Waals surface area contributed by atoms with Crippen LogP contribution in [-0.2, 0) is 19.6 Å². The van der Waals surface area contributed by atoms with Gasteiger partial charge in [-0.3, -0.25) is 9.59 Å². The van der Waals surface area contributed by atoms with Crippen molar-refractivity contribution in [3.8, 4) is 0 Å². The number of sulfonamides is 1. The monoisotopic (exact) mass is 497 g/mol. The quantitative estimate of drug-likeness (QED) is 0.659. The molecule has 0 spiro atoms. The van der Waals surface area contributed by atoms with Gasteiger partial charge in [0.05, 0.1) is 17.1 Å². The van der Waals surface area contributed by atoms with Gasteiger partial charge in [-0.2, -0.15) is 4.31 Å². The van der Waals surface area contributed by atoms with E-state index in [1.54, 1.807) is 18.2 Å². The molecule has 1 heterocycles. The number of thioether (sulfide) groups is 1. The Morgan fingerprint density at radius 2 is 2.03 bits per heavy atom. The van der Waals surface area contributed by atoms with Gasteiger partial charge < -0.3 is 10.6 Å². The highest BCUT2D eigenvalue weighted by molar-refractivity contribution is 9.10. The van der Waals surface area contributed by atoms with Gasteiger partial charge in [0.1, 0.15) is 0 Å². The van der Waals surface area contributed by atoms with Crippen LogP contribution in [0.5, 0.6) is 0 Å². The molecular weight excluding hydrogens is 478 g/mol. The zero-order chi connectivity index (χ0) is 21.2. The van der Waals surface area contributed by atoms with Crippen LogP contribution in [0.25, 0.3) is 0 Å². The highest BCUT2D eigenvalue weighted by atomic mass is 79.9. The zero-order valence-corrected chi connectivity index (χ0v) is 19.1. The molecule has 0 fully saturated rings. The fourth-order valence-corrected chi connectivity index (χ4v) is 5.09. The van der Waals surface area contributed by atoms with E-state index in [2.05, 4.69) is 26.6 Å². The minimum Gasteiger partial charge on any atom is -0.325 e. The summed E-state index contributed by atoms with van der Waals surface area (Å²) < 4.78 is 27.7. The van der Waals surface area contributed by atoms with Gasteiger partial charge in [0.2, 0.25) is 21.8 Å². The van der Waals surface area contributed by atoms with Gasteiger partial charge in [-0.25, -0.2) is 8.42 Å². The van der Waals surface area contributed by atoms with Crippen molar-refractivity contribution in [2.45, 2.75) is 23.1 Å². The van der Waals surface area contributed by atoms with Crippen molar-refractivity contribution in [1.82, 2.24) is 4.31 Å². The number of benzene rings is 2. The predicted molar refractivity (Wildman–Crippen MR) is 118 cm³/mol. The first-order valence-electron chi connectivity index (χ1n) is 8.76. The second-order valence-electron chi connectivity index (χ2n) is 6.58. The number of carbonyl (C=O) groups is 2. The molecule has 0 saturated heterocycles. The summed E-state index contributed by atoms with van der Waals surface area (Å²) in [6, 6.07) is 9.95. The van der Waals surface area contributed by atoms with Crippen LogP contribution in [-0.4, -0.2) is 43.9 Å². The maximum Gasteiger partial charge on any atom is 0.243 e. The Morgan fingerprint density at radius 1 is 1.28 bits per heavy atom. The van der Waals surface area contributed by atoms with Crippen LogP contribution in [0.15, 0.2) is 50.7 Å². The number of nitrogens with zero attached hydrogens (tertiary/aromatic N) is 1. The van der Waals surface area contributed by atoms with Gasteiger partial charge in [0.25, 0.3) is 0 Å². The van der Waals surface area contributed by atoms with Crippen LogP contribution in [0, 0.1) is 6.92 Å². The van der Waals surface area contributed by atoms with Crippen molar-refractivity contribution in [1.29, 1.82) is 0 Å². The standard InChI is InChI=1S/C19H20BrN3O4S2/c1-12-9-13(3-5-15(12)20)21-19(25)11-23(2)29(26,27)14-4-6-17-16(10-14)22-18(24)7-8-28-17/h3-6,9-10H,7-8,11H2,1-2H3,(H,21,25)(H,22,24). The maximum absolute atomic E-state index is 12.9. The van der Waals surface area contributed by atoms with E-state index >= 15 is 0 Å². The highest BCUT2D eigenvalue weighted by Crippen LogP contribution is 2.33. The van der Waals surface area contributed by atoms with E-state index in [9.17, 15) is 18.0 Å². The molecule has 29 heavy (non-hydrogen) atoms. The molecule has 0 saturated carbocycles. The number of aryl methyl sites for hydroxylation is 1. The van der Waals surface area contributed by atoms with Crippen LogP contribution >= 0.6 is 27.7 Å². The smallest absolute Gasteiger partial charge is 0.243 e. The number of nitrogens with one attached hydrogen (secondary N) is 2. The first-order chi connectivity index (χ1) is 13.7. The number of rotatable bonds is 5. The van der Waals surface area contributed by atoms with Crippen molar-refractivity contribution in [2.24, 2.45) is 0 Å². The van der Waals surface area contributed by atoms with E-state index in [-0.39, 0.29) is 17.3 Å². The Morgan fingerprint density at radius 3 is 2.76 bits per heavy atom. The fraction of sp³-hybridized carbons (Fsp3) is 0.263. The molecule has 0 bridgehead atoms. The highest BCUT2D eigenvalue weighted by Gasteiger charge is 2.25. The van der Waals surface area contributed by atoms with Crippen molar-refractivity contribution in [3.63, 3.8) is 0 Å². The molecule has 2 amide bonds. The molecule has 2 aromatic carbocycles. The predicted octanol–water partition coefficient (Wildman–Crippen LogP) is 3.45. The van der Waals surface area contributed by atoms with Crippen LogP contribution in [0.4, 0.5) is 11.4 Å². The number of hydrogen-bond donors (Lipinski definition) is 2. The normalized spacial score (nSPS) is 14.1. The Kier molecular flexibility index (Phi) is 6.67. The summed E-state index contributed by atoms with van der Waals surface area (Å²) in [6.45, 7) is 1.56. The summed E-state index contributed by atoms with van der Waals surface area (Å²) in [5, 5.41) is 5.43. The number of halogens is 1. The fourth-order valence-electron chi connectivity index (χ4n) is 2.75. The van der Waals surface area contributed by atoms with Gasteiger partial charge >= 0.3 is 0 Å². The molecule has 3 rings (SSSR count). The summed E-state index contributed by atoms with van der Waals surface area (Å²) in [7, 11) is -2.55. The molecule has 0 unspecified atom stereocenters. The lowest BCUT2D eigenvalue weighted by atomic mass is 10.2. The van der Waals surface area contributed by atoms with E-state index in [4.69, 9.17) is 0 Å². The van der Waals surface area contributed by atoms with E-state index in [1.165, 1.54) is 30.9 Å². The number of fused-ring (bicyclic) bond motifs is 1. The second-order valence-corrected chi connectivity index (χ2v) is 10.6. The van der Waals surface area contributed by atoms with E-state index < -0.39 is 15.9 Å². The summed E-state index contributed by atoms with van der Waals surface area (Å²) in [4.78, 5) is 24.9. The third-order valence-corrected chi connectivity index (χ3v) is 8.09. The molecule has 0 aliphatic carbocycles. The number of anilines is 2. The number of carbonyl (C=O) groups excluding carboxylic acids is 2. The van der Waals surface area contributed by atoms with Crippen molar-refractivity contribution in [2.75, 3.05) is 30.0 Å². The van der Waals surface area contributed by atoms with E-state index in [0.29, 0.717) is 23.5 Å². The van der Waals surface area contributed by atoms with Gasteiger partial charge in [-0.1, -0.05) is 15.9 Å². The summed E-state index contributed by atoms with van der Waals surface area (Å²) in [5.41, 5.74) is 2.02. The first kappa shape index (κ1) is 21.8. The molecule has 0 aromatic heterocycles. The van der Waals surface area contributed by atoms with E-state index in [0.717, 1.165) is 19.2 Å². The largest absolute Gasteiger partial charge is 0.325 e. The molecule has 2 N–H and O–H groups in total. The third-order valence-electron chi connectivity index (χ3n) is 4.33. The lowest BCUT2D eigenvalue weighted by Crippen LogP contribution is -2.35. The van der Waals surface area contributed by atoms with Crippen molar-refractivity contribution in [3.05, 3.63) is 46.4 Å². The lowest BCUT2D eigenvalue weighted by molar-refractivity contribution is -0.116. The van der Waals surface area contributed by atoms with Crippen LogP contribution < -0.4 is 10.6 Å². The third kappa shape index (κ3) is 5.19. The Labute approximate surface area is 182 Å². The molecule has 0 radical (unpaired) electrons. The molecule has 1 aliphatic rings. The summed E-state index contributed by atoms with van der Waals surface area (Å²) >= 11 is 4.89. The SMILES string of the molecule is Cc1cc(NC(=O)CN(C)S(=O)(=O)c2ccc3c(c2)NC(=O)CCS3)ccc1Br. The molecular formula is C19H20BrN3O4S2. The summed E-state index contributed by atoms with van der Waals surface area (Å²) in [5.74, 6) is 0.0420. The van der Waals surface area contributed by atoms with Crippen molar-refractivity contribution < 1.29 is 18.0 Å². The Hall–Kier alpha value is -1.88. The molecule has 10 heteroatoms.